The van der Waals surface area contributed by atoms with E-state index in [1.165, 1.54) is 42.4 Å². The zero-order valence-electron chi connectivity index (χ0n) is 48.3. The van der Waals surface area contributed by atoms with E-state index >= 15 is 0 Å². The number of piperidine rings is 2. The van der Waals surface area contributed by atoms with E-state index in [0.717, 1.165) is 111 Å². The van der Waals surface area contributed by atoms with Gasteiger partial charge < -0.3 is 55.7 Å². The van der Waals surface area contributed by atoms with Crippen molar-refractivity contribution in [1.29, 1.82) is 0 Å². The Morgan fingerprint density at radius 1 is 0.400 bits per heavy atom. The predicted octanol–water partition coefficient (Wildman–Crippen LogP) is 10.2. The highest BCUT2D eigenvalue weighted by atomic mass is 16.5. The average Bonchev–Trinajstić information content (AvgIpc) is 2.24. The van der Waals surface area contributed by atoms with Crippen molar-refractivity contribution in [3.63, 3.8) is 0 Å². The number of aromatic nitrogens is 15. The number of phenolic OH excluding ortho intramolecular Hbond substituents is 3. The molecular weight excluding hydrogens is 1140 g/mol. The second-order valence-corrected chi connectivity index (χ2v) is 24.3. The van der Waals surface area contributed by atoms with E-state index in [1.807, 2.05) is 60.8 Å². The number of phenols is 3. The number of aromatic amines is 6. The number of nitrogens with one attached hydrogen (secondary N) is 9. The molecule has 9 aromatic heterocycles. The lowest BCUT2D eigenvalue weighted by atomic mass is 9.83. The molecule has 6 aliphatic rings. The van der Waals surface area contributed by atoms with Crippen LogP contribution < -0.4 is 16.0 Å². The zero-order valence-corrected chi connectivity index (χ0v) is 48.3. The van der Waals surface area contributed by atoms with Crippen molar-refractivity contribution in [2.24, 2.45) is 0 Å². The van der Waals surface area contributed by atoms with Crippen molar-refractivity contribution in [2.45, 2.75) is 100 Å². The van der Waals surface area contributed by atoms with Crippen LogP contribution >= 0.6 is 0 Å². The van der Waals surface area contributed by atoms with Crippen LogP contribution in [0, 0.1) is 0 Å². The van der Waals surface area contributed by atoms with E-state index in [2.05, 4.69) is 111 Å². The number of fused-ring (bicyclic) bond motifs is 9. The molecule has 0 amide bonds. The number of nitrogens with zero attached hydrogens (tertiary/aromatic N) is 9. The number of morpholine rings is 2. The van der Waals surface area contributed by atoms with Gasteiger partial charge in [0.2, 0.25) is 0 Å². The van der Waals surface area contributed by atoms with Gasteiger partial charge in [0.05, 0.1) is 78.6 Å². The molecule has 15 heterocycles. The first-order chi connectivity index (χ1) is 43.7. The second kappa shape index (κ2) is 23.9. The summed E-state index contributed by atoms with van der Waals surface area (Å²) < 4.78 is 11.3. The van der Waals surface area contributed by atoms with Crippen molar-refractivity contribution in [1.82, 2.24) is 92.1 Å². The van der Waals surface area contributed by atoms with Crippen LogP contribution in [0.15, 0.2) is 135 Å². The molecular formula is C67H68N18O5. The largest absolute Gasteiger partial charge is 0.507 e. The van der Waals surface area contributed by atoms with Crippen LogP contribution in [0.2, 0.25) is 0 Å². The first kappa shape index (κ1) is 56.6. The maximum Gasteiger partial charge on any atom is 0.125 e. The third kappa shape index (κ3) is 11.0. The molecule has 3 aromatic carbocycles. The Bertz CT molecular complexity index is 4530. The van der Waals surface area contributed by atoms with Crippen molar-refractivity contribution in [3.05, 3.63) is 151 Å². The smallest absolute Gasteiger partial charge is 0.125 e. The lowest BCUT2D eigenvalue weighted by molar-refractivity contribution is 0.0181. The van der Waals surface area contributed by atoms with Crippen molar-refractivity contribution in [2.75, 3.05) is 26.4 Å². The SMILES string of the molecule is C.Oc1cc(-c2cn[nH]c2)ccc1-c1cc2[nH]cc(C3=CC4COCC(C3)N4)c2nn1.Oc1cc(-c2cn[nH]c2)ccc1-c1cc2[nH]cc(C3CC4CCC(C3)N4)c2nn1.Oc1cc(-c2cn[nH]c2)ccc1-c1cc2[nH]cc(C3CC4COCC(C3)N4)c2nn1. The predicted molar refractivity (Wildman–Crippen MR) is 342 cm³/mol. The van der Waals surface area contributed by atoms with E-state index in [1.54, 1.807) is 55.4 Å². The molecule has 6 aliphatic heterocycles. The Morgan fingerprint density at radius 2 is 0.822 bits per heavy atom. The van der Waals surface area contributed by atoms with Gasteiger partial charge in [-0.15, -0.1) is 30.6 Å². The standard InChI is InChI=1S/C22H22N6O2.C22H20N6O2.C22H22N6O.CH4/c2*29-21-5-12(14-7-24-25-8-14)1-2-17(21)19-6-20-22(28-27-19)18(9-23-20)13-3-15-10-30-11-16(4-13)26-15;29-21-7-12(14-9-24-25-10-14)1-4-17(21)19-8-20-22(28-27-19)18(11-23-20)13-5-15-2-3-16(6-13)26-15;/h1-2,5-9,13,15-16,23,26,29H,3-4,10-11H2,(H,24,25);1-3,5-9,15-16,23,26,29H,4,10-11H2,(H,24,25);1,4,7-11,13,15-16,23,26,29H,2-3,5-6H2,(H,24,25);1H4. The van der Waals surface area contributed by atoms with Gasteiger partial charge in [-0.2, -0.15) is 15.3 Å². The fraction of sp³-hybridized carbons (Fsp3) is 0.299. The number of ether oxygens (including phenoxy) is 2. The zero-order chi connectivity index (χ0) is 59.5. The minimum Gasteiger partial charge on any atom is -0.507 e. The molecule has 0 spiro atoms. The quantitative estimate of drug-likeness (QED) is 0.0639. The fourth-order valence-corrected chi connectivity index (χ4v) is 14.2. The Kier molecular flexibility index (Phi) is 15.0. The molecule has 23 heteroatoms. The van der Waals surface area contributed by atoms with Gasteiger partial charge in [-0.05, 0) is 134 Å². The molecule has 0 radical (unpaired) electrons. The van der Waals surface area contributed by atoms with Crippen LogP contribution in [0.5, 0.6) is 17.2 Å². The summed E-state index contributed by atoms with van der Waals surface area (Å²) in [6, 6.07) is 25.2. The minimum atomic E-state index is 0. The Morgan fingerprint density at radius 3 is 1.28 bits per heavy atom. The molecule has 5 fully saturated rings. The summed E-state index contributed by atoms with van der Waals surface area (Å²) in [4.78, 5) is 10.1. The van der Waals surface area contributed by atoms with E-state index < -0.39 is 0 Å². The van der Waals surface area contributed by atoms with Gasteiger partial charge in [0.25, 0.3) is 0 Å². The molecule has 90 heavy (non-hydrogen) atoms. The molecule has 23 nitrogen and oxygen atoms in total. The Labute approximate surface area is 516 Å². The van der Waals surface area contributed by atoms with Crippen LogP contribution in [0.3, 0.4) is 0 Å². The van der Waals surface area contributed by atoms with Crippen LogP contribution in [0.1, 0.15) is 80.9 Å². The fourth-order valence-electron chi connectivity index (χ4n) is 14.2. The maximum atomic E-state index is 10.6. The molecule has 6 unspecified atom stereocenters. The first-order valence-electron chi connectivity index (χ1n) is 30.4. The van der Waals surface area contributed by atoms with Gasteiger partial charge in [0, 0.05) is 124 Å². The Balaban J connectivity index is 0.000000112. The number of benzene rings is 3. The van der Waals surface area contributed by atoms with Gasteiger partial charge in [-0.25, -0.2) is 0 Å². The van der Waals surface area contributed by atoms with Crippen LogP contribution in [0.25, 0.3) is 106 Å². The number of hydrogen-bond acceptors (Lipinski definition) is 17. The topological polar surface area (TPSA) is 326 Å². The molecule has 0 aliphatic carbocycles. The lowest BCUT2D eigenvalue weighted by Gasteiger charge is -2.40. The first-order valence-corrected chi connectivity index (χ1v) is 30.4. The summed E-state index contributed by atoms with van der Waals surface area (Å²) in [6.45, 7) is 2.99. The van der Waals surface area contributed by atoms with Crippen molar-refractivity contribution < 1.29 is 24.8 Å². The van der Waals surface area contributed by atoms with E-state index in [-0.39, 0.29) is 30.7 Å². The number of aromatic hydroxyl groups is 3. The maximum absolute atomic E-state index is 10.6. The van der Waals surface area contributed by atoms with E-state index in [9.17, 15) is 15.3 Å². The second-order valence-electron chi connectivity index (χ2n) is 24.3. The van der Waals surface area contributed by atoms with E-state index in [4.69, 9.17) is 9.47 Å². The van der Waals surface area contributed by atoms with Crippen LogP contribution in [-0.4, -0.2) is 154 Å². The molecule has 12 aromatic rings. The summed E-state index contributed by atoms with van der Waals surface area (Å²) in [5.74, 6) is 1.48. The molecule has 6 atom stereocenters. The number of H-pyrrole nitrogens is 6. The highest BCUT2D eigenvalue weighted by molar-refractivity contribution is 5.92. The molecule has 0 saturated carbocycles. The molecule has 6 bridgehead atoms. The highest BCUT2D eigenvalue weighted by Crippen LogP contribution is 2.42. The Hall–Kier alpha value is -9.91. The summed E-state index contributed by atoms with van der Waals surface area (Å²) in [5.41, 5.74) is 19.7. The molecule has 456 valence electrons. The third-order valence-corrected chi connectivity index (χ3v) is 18.5. The van der Waals surface area contributed by atoms with Crippen LogP contribution in [0.4, 0.5) is 0 Å². The number of hydrogen-bond donors (Lipinski definition) is 12. The highest BCUT2D eigenvalue weighted by Gasteiger charge is 2.37. The van der Waals surface area contributed by atoms with Gasteiger partial charge in [0.1, 0.15) is 33.8 Å². The normalized spacial score (nSPS) is 22.5. The van der Waals surface area contributed by atoms with Crippen molar-refractivity contribution >= 4 is 38.7 Å². The average molecular weight is 1210 g/mol. The summed E-state index contributed by atoms with van der Waals surface area (Å²) in [6.07, 6.45) is 26.9. The van der Waals surface area contributed by atoms with Gasteiger partial charge in [0.15, 0.2) is 0 Å². The molecule has 12 N–H and O–H groups in total. The summed E-state index contributed by atoms with van der Waals surface area (Å²) >= 11 is 0. The molecule has 5 saturated heterocycles. The summed E-state index contributed by atoms with van der Waals surface area (Å²) in [7, 11) is 0. The van der Waals surface area contributed by atoms with Crippen LogP contribution in [-0.2, 0) is 9.47 Å². The monoisotopic (exact) mass is 1200 g/mol. The summed E-state index contributed by atoms with van der Waals surface area (Å²) in [5, 5.41) is 89.8. The van der Waals surface area contributed by atoms with E-state index in [0.29, 0.717) is 82.4 Å². The minimum absolute atomic E-state index is 0. The van der Waals surface area contributed by atoms with Gasteiger partial charge in [-0.3, -0.25) is 15.3 Å². The lowest BCUT2D eigenvalue weighted by Crippen LogP contribution is -2.53. The number of rotatable bonds is 9. The van der Waals surface area contributed by atoms with Gasteiger partial charge >= 0.3 is 0 Å². The van der Waals surface area contributed by atoms with Gasteiger partial charge in [-0.1, -0.05) is 31.7 Å². The molecule has 18 rings (SSSR count). The third-order valence-electron chi connectivity index (χ3n) is 18.5. The van der Waals surface area contributed by atoms with Crippen molar-refractivity contribution in [3.8, 4) is 84.4 Å².